The molecule has 0 atom stereocenters. The highest BCUT2D eigenvalue weighted by Gasteiger charge is 2.17. The number of hydrogen-bond acceptors (Lipinski definition) is 7. The number of benzene rings is 2. The highest BCUT2D eigenvalue weighted by Crippen LogP contribution is 2.38. The molecule has 0 radical (unpaired) electrons. The van der Waals surface area contributed by atoms with E-state index in [1.54, 1.807) is 18.2 Å². The number of nitrogens with zero attached hydrogens (tertiary/aromatic N) is 1. The molecule has 2 aromatic carbocycles. The zero-order chi connectivity index (χ0) is 24.6. The van der Waals surface area contributed by atoms with Gasteiger partial charge in [0.25, 0.3) is 10.0 Å². The zero-order valence-electron chi connectivity index (χ0n) is 19.5. The van der Waals surface area contributed by atoms with Crippen molar-refractivity contribution in [3.63, 3.8) is 0 Å². The fraction of sp³-hybridized carbons (Fsp3) is 0.333. The van der Waals surface area contributed by atoms with Gasteiger partial charge in [-0.25, -0.2) is 8.42 Å². The van der Waals surface area contributed by atoms with Crippen LogP contribution in [0.25, 0.3) is 6.08 Å². The summed E-state index contributed by atoms with van der Waals surface area (Å²) < 4.78 is 43.8. The Balaban J connectivity index is 1.66. The average molecular weight is 488 g/mol. The lowest BCUT2D eigenvalue weighted by atomic mass is 10.1. The molecule has 2 aromatic rings. The Bertz CT molecular complexity index is 1150. The molecule has 3 rings (SSSR count). The van der Waals surface area contributed by atoms with Gasteiger partial charge in [-0.3, -0.25) is 14.5 Å². The number of amides is 1. The molecule has 0 saturated carbocycles. The highest BCUT2D eigenvalue weighted by atomic mass is 32.2. The molecule has 0 saturated heterocycles. The number of methoxy groups -OCH3 is 3. The van der Waals surface area contributed by atoms with E-state index in [9.17, 15) is 13.2 Å². The molecule has 0 fully saturated rings. The van der Waals surface area contributed by atoms with Crippen LogP contribution in [-0.2, 0) is 14.8 Å². The molecule has 1 aliphatic rings. The summed E-state index contributed by atoms with van der Waals surface area (Å²) in [6.45, 7) is 0.631. The third-order valence-corrected chi connectivity index (χ3v) is 6.57. The SMILES string of the molecule is COc1cc(C=CC(=O)Nc2ccc(S(=O)(=O)NC3=NCCCCC3)cc2)cc(OC)c1OC. The molecular weight excluding hydrogens is 458 g/mol. The van der Waals surface area contributed by atoms with Crippen molar-refractivity contribution < 1.29 is 27.4 Å². The van der Waals surface area contributed by atoms with E-state index in [-0.39, 0.29) is 10.8 Å². The smallest absolute Gasteiger partial charge is 0.262 e. The van der Waals surface area contributed by atoms with Gasteiger partial charge in [0, 0.05) is 24.7 Å². The largest absolute Gasteiger partial charge is 0.493 e. The van der Waals surface area contributed by atoms with Gasteiger partial charge >= 0.3 is 0 Å². The first kappa shape index (κ1) is 25.1. The van der Waals surface area contributed by atoms with Crippen LogP contribution in [0.15, 0.2) is 52.4 Å². The summed E-state index contributed by atoms with van der Waals surface area (Å²) in [5, 5.41) is 2.71. The van der Waals surface area contributed by atoms with Crippen LogP contribution in [0.5, 0.6) is 17.2 Å². The van der Waals surface area contributed by atoms with Gasteiger partial charge in [0.1, 0.15) is 5.84 Å². The maximum atomic E-state index is 12.6. The number of aliphatic imine (C=N–C) groups is 1. The lowest BCUT2D eigenvalue weighted by Crippen LogP contribution is -2.30. The van der Waals surface area contributed by atoms with Gasteiger partial charge in [0.15, 0.2) is 11.5 Å². The Hall–Kier alpha value is -3.53. The maximum absolute atomic E-state index is 12.6. The monoisotopic (exact) mass is 487 g/mol. The lowest BCUT2D eigenvalue weighted by molar-refractivity contribution is -0.111. The van der Waals surface area contributed by atoms with E-state index in [2.05, 4.69) is 15.0 Å². The molecule has 0 spiro atoms. The predicted octanol–water partition coefficient (Wildman–Crippen LogP) is 3.62. The third-order valence-electron chi connectivity index (χ3n) is 5.17. The fourth-order valence-electron chi connectivity index (χ4n) is 3.44. The van der Waals surface area contributed by atoms with Crippen LogP contribution in [0.3, 0.4) is 0 Å². The molecule has 1 aliphatic heterocycles. The number of ether oxygens (including phenoxy) is 3. The summed E-state index contributed by atoms with van der Waals surface area (Å²) in [6.07, 6.45) is 6.50. The molecule has 0 unspecified atom stereocenters. The number of anilines is 1. The highest BCUT2D eigenvalue weighted by molar-refractivity contribution is 7.90. The summed E-state index contributed by atoms with van der Waals surface area (Å²) in [5.41, 5.74) is 1.14. The molecule has 0 aliphatic carbocycles. The third kappa shape index (κ3) is 6.50. The zero-order valence-corrected chi connectivity index (χ0v) is 20.3. The standard InChI is InChI=1S/C24H29N3O6S/c1-31-20-15-17(16-21(32-2)24(20)33-3)8-13-23(28)26-18-9-11-19(12-10-18)34(29,30)27-22-7-5-4-6-14-25-22/h8-13,15-16H,4-7,14H2,1-3H3,(H,25,27)(H,26,28). The molecule has 182 valence electrons. The summed E-state index contributed by atoms with van der Waals surface area (Å²) in [7, 11) is 0.817. The maximum Gasteiger partial charge on any atom is 0.262 e. The number of amidine groups is 1. The summed E-state index contributed by atoms with van der Waals surface area (Å²) in [6, 6.07) is 9.40. The molecule has 1 amide bonds. The van der Waals surface area contributed by atoms with Crippen molar-refractivity contribution >= 4 is 33.5 Å². The minimum absolute atomic E-state index is 0.102. The van der Waals surface area contributed by atoms with E-state index in [0.29, 0.717) is 47.3 Å². The van der Waals surface area contributed by atoms with Crippen molar-refractivity contribution in [3.05, 3.63) is 48.0 Å². The van der Waals surface area contributed by atoms with Gasteiger partial charge in [0.2, 0.25) is 11.7 Å². The van der Waals surface area contributed by atoms with Crippen LogP contribution >= 0.6 is 0 Å². The van der Waals surface area contributed by atoms with Crippen LogP contribution in [0.4, 0.5) is 5.69 Å². The molecule has 2 N–H and O–H groups in total. The van der Waals surface area contributed by atoms with Crippen LogP contribution in [0, 0.1) is 0 Å². The Morgan fingerprint density at radius 3 is 2.26 bits per heavy atom. The molecule has 9 nitrogen and oxygen atoms in total. The summed E-state index contributed by atoms with van der Waals surface area (Å²) in [5.74, 6) is 1.52. The second-order valence-corrected chi connectivity index (χ2v) is 9.23. The predicted molar refractivity (Wildman–Crippen MR) is 131 cm³/mol. The normalized spacial score (nSPS) is 14.1. The Labute approximate surface area is 199 Å². The Morgan fingerprint density at radius 2 is 1.65 bits per heavy atom. The molecule has 0 bridgehead atoms. The van der Waals surface area contributed by atoms with Crippen molar-refractivity contribution in [2.75, 3.05) is 33.2 Å². The van der Waals surface area contributed by atoms with Gasteiger partial charge in [-0.05, 0) is 60.9 Å². The number of carbonyl (C=O) groups excluding carboxylic acids is 1. The van der Waals surface area contributed by atoms with E-state index in [0.717, 1.165) is 19.3 Å². The summed E-state index contributed by atoms with van der Waals surface area (Å²) in [4.78, 5) is 16.8. The second-order valence-electron chi connectivity index (χ2n) is 7.55. The molecular formula is C24H29N3O6S. The van der Waals surface area contributed by atoms with Crippen LogP contribution in [-0.4, -0.2) is 48.0 Å². The van der Waals surface area contributed by atoms with E-state index >= 15 is 0 Å². The Morgan fingerprint density at radius 1 is 0.971 bits per heavy atom. The van der Waals surface area contributed by atoms with E-state index in [4.69, 9.17) is 14.2 Å². The number of hydrogen-bond donors (Lipinski definition) is 2. The van der Waals surface area contributed by atoms with Gasteiger partial charge in [0.05, 0.1) is 26.2 Å². The van der Waals surface area contributed by atoms with Crippen molar-refractivity contribution in [1.82, 2.24) is 4.72 Å². The second kappa shape index (κ2) is 11.6. The van der Waals surface area contributed by atoms with Gasteiger partial charge in [-0.1, -0.05) is 6.42 Å². The van der Waals surface area contributed by atoms with Crippen molar-refractivity contribution in [2.45, 2.75) is 30.6 Å². The minimum Gasteiger partial charge on any atom is -0.493 e. The first-order chi connectivity index (χ1) is 16.4. The van der Waals surface area contributed by atoms with Crippen molar-refractivity contribution in [1.29, 1.82) is 0 Å². The topological polar surface area (TPSA) is 115 Å². The molecule has 34 heavy (non-hydrogen) atoms. The van der Waals surface area contributed by atoms with Crippen LogP contribution in [0.1, 0.15) is 31.2 Å². The first-order valence-corrected chi connectivity index (χ1v) is 12.3. The molecule has 1 heterocycles. The first-order valence-electron chi connectivity index (χ1n) is 10.8. The molecule has 0 aromatic heterocycles. The van der Waals surface area contributed by atoms with E-state index in [1.165, 1.54) is 51.7 Å². The fourth-order valence-corrected chi connectivity index (χ4v) is 4.53. The van der Waals surface area contributed by atoms with Gasteiger partial charge < -0.3 is 19.5 Å². The number of carbonyl (C=O) groups is 1. The van der Waals surface area contributed by atoms with Crippen molar-refractivity contribution in [3.8, 4) is 17.2 Å². The van der Waals surface area contributed by atoms with Gasteiger partial charge in [-0.15, -0.1) is 0 Å². The number of sulfonamides is 1. The lowest BCUT2D eigenvalue weighted by Gasteiger charge is -2.12. The van der Waals surface area contributed by atoms with Crippen LogP contribution in [0.2, 0.25) is 0 Å². The Kier molecular flexibility index (Phi) is 8.53. The summed E-state index contributed by atoms with van der Waals surface area (Å²) >= 11 is 0. The van der Waals surface area contributed by atoms with E-state index < -0.39 is 10.0 Å². The van der Waals surface area contributed by atoms with Crippen LogP contribution < -0.4 is 24.2 Å². The number of nitrogens with one attached hydrogen (secondary N) is 2. The minimum atomic E-state index is -3.73. The quantitative estimate of drug-likeness (QED) is 0.550. The average Bonchev–Trinajstić information content (AvgIpc) is 3.10. The number of rotatable bonds is 8. The van der Waals surface area contributed by atoms with E-state index in [1.807, 2.05) is 0 Å². The van der Waals surface area contributed by atoms with Crippen molar-refractivity contribution in [2.24, 2.45) is 4.99 Å². The van der Waals surface area contributed by atoms with Gasteiger partial charge in [-0.2, -0.15) is 0 Å². The molecule has 10 heteroatoms.